The molecule has 0 fully saturated rings. The second kappa shape index (κ2) is 7.36. The number of anilines is 1. The standard InChI is InChI=1S/C17H12N2O6S/c20-10-8-11(26-7-6-12(21)22)15(23)13-14(19-25-16(10)13)17(24)18-9-4-2-1-3-5-9/h1-5,8H,6-7H2,(H,18,24)(H,21,22). The Bertz CT molecular complexity index is 932. The number of hydrogen-bond donors (Lipinski definition) is 2. The number of thioether (sulfide) groups is 1. The second-order valence-corrected chi connectivity index (χ2v) is 6.39. The average Bonchev–Trinajstić information content (AvgIpc) is 3.06. The number of para-hydroxylation sites is 1. The van der Waals surface area contributed by atoms with Crippen LogP contribution in [0.1, 0.15) is 37.8 Å². The maximum Gasteiger partial charge on any atom is 0.304 e. The zero-order chi connectivity index (χ0) is 18.7. The predicted molar refractivity (Wildman–Crippen MR) is 92.4 cm³/mol. The molecule has 132 valence electrons. The second-order valence-electron chi connectivity index (χ2n) is 5.25. The summed E-state index contributed by atoms with van der Waals surface area (Å²) in [7, 11) is 0. The van der Waals surface area contributed by atoms with Crippen LogP contribution in [0.5, 0.6) is 0 Å². The van der Waals surface area contributed by atoms with Gasteiger partial charge in [0.2, 0.25) is 17.3 Å². The van der Waals surface area contributed by atoms with E-state index in [4.69, 9.17) is 9.63 Å². The van der Waals surface area contributed by atoms with Gasteiger partial charge < -0.3 is 14.9 Å². The Kier molecular flexibility index (Phi) is 4.99. The van der Waals surface area contributed by atoms with E-state index in [-0.39, 0.29) is 34.1 Å². The van der Waals surface area contributed by atoms with Crippen LogP contribution >= 0.6 is 11.8 Å². The number of carboxylic acid groups (broad SMARTS) is 1. The molecule has 1 aromatic heterocycles. The van der Waals surface area contributed by atoms with E-state index in [1.807, 2.05) is 0 Å². The number of ketones is 2. The number of amides is 1. The number of aromatic nitrogens is 1. The van der Waals surface area contributed by atoms with Crippen LogP contribution in [0.3, 0.4) is 0 Å². The smallest absolute Gasteiger partial charge is 0.304 e. The van der Waals surface area contributed by atoms with Gasteiger partial charge in [0.15, 0.2) is 5.69 Å². The van der Waals surface area contributed by atoms with Gasteiger partial charge in [0, 0.05) is 17.5 Å². The Labute approximate surface area is 151 Å². The van der Waals surface area contributed by atoms with Crippen molar-refractivity contribution in [3.63, 3.8) is 0 Å². The molecule has 1 aromatic carbocycles. The molecule has 0 aliphatic heterocycles. The molecule has 1 aliphatic rings. The van der Waals surface area contributed by atoms with E-state index in [1.165, 1.54) is 0 Å². The largest absolute Gasteiger partial charge is 0.481 e. The summed E-state index contributed by atoms with van der Waals surface area (Å²) in [5.74, 6) is -3.05. The lowest BCUT2D eigenvalue weighted by molar-refractivity contribution is -0.136. The Hall–Kier alpha value is -3.20. The van der Waals surface area contributed by atoms with Crippen molar-refractivity contribution >= 4 is 40.9 Å². The lowest BCUT2D eigenvalue weighted by atomic mass is 9.99. The molecule has 0 radical (unpaired) electrons. The fourth-order valence-corrected chi connectivity index (χ4v) is 3.18. The summed E-state index contributed by atoms with van der Waals surface area (Å²) in [4.78, 5) is 47.8. The summed E-state index contributed by atoms with van der Waals surface area (Å²) in [6, 6.07) is 8.54. The molecule has 0 bridgehead atoms. The number of hydrogen-bond acceptors (Lipinski definition) is 7. The van der Waals surface area contributed by atoms with Crippen molar-refractivity contribution in [3.8, 4) is 0 Å². The zero-order valence-electron chi connectivity index (χ0n) is 13.2. The summed E-state index contributed by atoms with van der Waals surface area (Å²) in [6.45, 7) is 0. The van der Waals surface area contributed by atoms with Crippen molar-refractivity contribution in [1.82, 2.24) is 5.16 Å². The topological polar surface area (TPSA) is 127 Å². The molecule has 0 saturated heterocycles. The summed E-state index contributed by atoms with van der Waals surface area (Å²) in [5, 5.41) is 14.8. The molecule has 8 nitrogen and oxygen atoms in total. The van der Waals surface area contributed by atoms with Gasteiger partial charge in [0.05, 0.1) is 11.3 Å². The van der Waals surface area contributed by atoms with Gasteiger partial charge in [-0.15, -0.1) is 11.8 Å². The van der Waals surface area contributed by atoms with Crippen molar-refractivity contribution in [2.24, 2.45) is 0 Å². The van der Waals surface area contributed by atoms with Crippen molar-refractivity contribution in [2.45, 2.75) is 6.42 Å². The molecule has 0 spiro atoms. The highest BCUT2D eigenvalue weighted by molar-refractivity contribution is 8.04. The maximum absolute atomic E-state index is 12.6. The van der Waals surface area contributed by atoms with E-state index < -0.39 is 23.4 Å². The van der Waals surface area contributed by atoms with Crippen LogP contribution in [0, 0.1) is 0 Å². The lowest BCUT2D eigenvalue weighted by Crippen LogP contribution is -2.20. The fraction of sp³-hybridized carbons (Fsp3) is 0.118. The third kappa shape index (κ3) is 3.57. The maximum atomic E-state index is 12.6. The van der Waals surface area contributed by atoms with E-state index in [0.717, 1.165) is 17.8 Å². The molecular formula is C17H12N2O6S. The van der Waals surface area contributed by atoms with Crippen LogP contribution in [0.15, 0.2) is 45.8 Å². The lowest BCUT2D eigenvalue weighted by Gasteiger charge is -2.10. The molecule has 3 rings (SSSR count). The number of fused-ring (bicyclic) bond motifs is 1. The van der Waals surface area contributed by atoms with Gasteiger partial charge in [-0.25, -0.2) is 0 Å². The highest BCUT2D eigenvalue weighted by Crippen LogP contribution is 2.31. The Morgan fingerprint density at radius 3 is 2.62 bits per heavy atom. The molecule has 0 unspecified atom stereocenters. The molecular weight excluding hydrogens is 360 g/mol. The van der Waals surface area contributed by atoms with Crippen molar-refractivity contribution in [2.75, 3.05) is 11.1 Å². The zero-order valence-corrected chi connectivity index (χ0v) is 14.0. The number of nitrogens with one attached hydrogen (secondary N) is 1. The quantitative estimate of drug-likeness (QED) is 0.791. The van der Waals surface area contributed by atoms with Gasteiger partial charge in [-0.1, -0.05) is 23.4 Å². The van der Waals surface area contributed by atoms with Crippen LogP contribution < -0.4 is 5.32 Å². The van der Waals surface area contributed by atoms with Crippen LogP contribution in [0.25, 0.3) is 0 Å². The number of benzene rings is 1. The van der Waals surface area contributed by atoms with Gasteiger partial charge in [-0.3, -0.25) is 19.2 Å². The average molecular weight is 372 g/mol. The molecule has 1 aliphatic carbocycles. The highest BCUT2D eigenvalue weighted by atomic mass is 32.2. The first kappa shape index (κ1) is 17.6. The number of carboxylic acids is 1. The molecule has 9 heteroatoms. The molecule has 1 amide bonds. The summed E-state index contributed by atoms with van der Waals surface area (Å²) in [6.07, 6.45) is 0.905. The first-order valence-electron chi connectivity index (χ1n) is 7.48. The number of allylic oxidation sites excluding steroid dienone is 2. The minimum atomic E-state index is -1.01. The summed E-state index contributed by atoms with van der Waals surface area (Å²) in [5.41, 5.74) is 0.00540. The minimum Gasteiger partial charge on any atom is -0.481 e. The van der Waals surface area contributed by atoms with E-state index >= 15 is 0 Å². The monoisotopic (exact) mass is 372 g/mol. The minimum absolute atomic E-state index is 0.0562. The van der Waals surface area contributed by atoms with Gasteiger partial charge in [0.1, 0.15) is 5.56 Å². The number of aliphatic carboxylic acids is 1. The number of carbonyl (C=O) groups excluding carboxylic acids is 3. The third-order valence-corrected chi connectivity index (χ3v) is 4.47. The first-order chi connectivity index (χ1) is 12.5. The van der Waals surface area contributed by atoms with Gasteiger partial charge in [-0.2, -0.15) is 0 Å². The summed E-state index contributed by atoms with van der Waals surface area (Å²) < 4.78 is 4.89. The van der Waals surface area contributed by atoms with E-state index in [1.54, 1.807) is 30.3 Å². The Balaban J connectivity index is 1.84. The molecule has 0 saturated carbocycles. The van der Waals surface area contributed by atoms with E-state index in [0.29, 0.717) is 5.69 Å². The normalized spacial score (nSPS) is 13.2. The van der Waals surface area contributed by atoms with Crippen molar-refractivity contribution in [3.05, 3.63) is 58.3 Å². The third-order valence-electron chi connectivity index (χ3n) is 3.45. The van der Waals surface area contributed by atoms with Gasteiger partial charge in [-0.05, 0) is 12.1 Å². The van der Waals surface area contributed by atoms with E-state index in [9.17, 15) is 19.2 Å². The van der Waals surface area contributed by atoms with Crippen molar-refractivity contribution in [1.29, 1.82) is 0 Å². The van der Waals surface area contributed by atoms with Gasteiger partial charge in [0.25, 0.3) is 5.91 Å². The molecule has 26 heavy (non-hydrogen) atoms. The Morgan fingerprint density at radius 2 is 1.92 bits per heavy atom. The fourth-order valence-electron chi connectivity index (χ4n) is 2.26. The Morgan fingerprint density at radius 1 is 1.19 bits per heavy atom. The molecule has 2 aromatic rings. The summed E-state index contributed by atoms with van der Waals surface area (Å²) >= 11 is 0.938. The van der Waals surface area contributed by atoms with Crippen LogP contribution in [-0.4, -0.2) is 39.5 Å². The number of carbonyl (C=O) groups is 4. The number of nitrogens with zero attached hydrogens (tertiary/aromatic N) is 1. The van der Waals surface area contributed by atoms with Crippen LogP contribution in [-0.2, 0) is 4.79 Å². The SMILES string of the molecule is O=C(O)CCSC1=CC(=O)c2onc(C(=O)Nc3ccccc3)c2C1=O. The number of Topliss-reactive ketones (excluding diaryl/α,β-unsaturated/α-hetero) is 1. The van der Waals surface area contributed by atoms with E-state index in [2.05, 4.69) is 10.5 Å². The van der Waals surface area contributed by atoms with Gasteiger partial charge >= 0.3 is 5.97 Å². The first-order valence-corrected chi connectivity index (χ1v) is 8.47. The predicted octanol–water partition coefficient (Wildman–Crippen LogP) is 2.40. The highest BCUT2D eigenvalue weighted by Gasteiger charge is 2.36. The number of rotatable bonds is 6. The molecule has 1 heterocycles. The van der Waals surface area contributed by atoms with Crippen LogP contribution in [0.2, 0.25) is 0 Å². The van der Waals surface area contributed by atoms with Crippen molar-refractivity contribution < 1.29 is 28.8 Å². The van der Waals surface area contributed by atoms with Crippen LogP contribution in [0.4, 0.5) is 5.69 Å². The molecule has 0 atom stereocenters. The molecule has 2 N–H and O–H groups in total.